The number of rotatable bonds is 6. The average Bonchev–Trinajstić information content (AvgIpc) is 2.57. The van der Waals surface area contributed by atoms with Gasteiger partial charge in [-0.2, -0.15) is 0 Å². The molecule has 0 fully saturated rings. The van der Waals surface area contributed by atoms with E-state index < -0.39 is 0 Å². The van der Waals surface area contributed by atoms with E-state index in [-0.39, 0.29) is 5.91 Å². The van der Waals surface area contributed by atoms with Gasteiger partial charge < -0.3 is 14.6 Å². The maximum Gasteiger partial charge on any atom is 0.227 e. The molecule has 1 rings (SSSR count). The summed E-state index contributed by atoms with van der Waals surface area (Å²) in [4.78, 5) is 17.6. The van der Waals surface area contributed by atoms with Crippen LogP contribution in [0.1, 0.15) is 17.5 Å². The summed E-state index contributed by atoms with van der Waals surface area (Å²) in [6.07, 6.45) is 0.409. The van der Waals surface area contributed by atoms with Crippen LogP contribution >= 0.6 is 23.6 Å². The lowest BCUT2D eigenvalue weighted by Crippen LogP contribution is -2.31. The molecule has 17 heavy (non-hydrogen) atoms. The number of aryl methyl sites for hydroxylation is 1. The van der Waals surface area contributed by atoms with Crippen molar-refractivity contribution in [3.8, 4) is 0 Å². The predicted octanol–water partition coefficient (Wildman–Crippen LogP) is 2.15. The molecule has 96 valence electrons. The number of carbonyl (C=O) groups is 1. The number of nitrogens with one attached hydrogen (secondary N) is 1. The van der Waals surface area contributed by atoms with Crippen LogP contribution in [0.2, 0.25) is 0 Å². The summed E-state index contributed by atoms with van der Waals surface area (Å²) in [5.74, 6) is 0.0954. The second-order valence-electron chi connectivity index (χ2n) is 3.75. The van der Waals surface area contributed by atoms with Crippen LogP contribution in [-0.2, 0) is 16.0 Å². The molecule has 0 spiro atoms. The van der Waals surface area contributed by atoms with Gasteiger partial charge in [0.2, 0.25) is 5.91 Å². The van der Waals surface area contributed by atoms with Crippen LogP contribution in [-0.4, -0.2) is 42.6 Å². The van der Waals surface area contributed by atoms with Crippen molar-refractivity contribution in [3.05, 3.63) is 14.5 Å². The van der Waals surface area contributed by atoms with E-state index in [2.05, 4.69) is 4.98 Å². The maximum atomic E-state index is 11.9. The predicted molar refractivity (Wildman–Crippen MR) is 72.1 cm³/mol. The van der Waals surface area contributed by atoms with Crippen molar-refractivity contribution in [1.29, 1.82) is 0 Å². The van der Waals surface area contributed by atoms with Gasteiger partial charge in [-0.15, -0.1) is 11.3 Å². The minimum atomic E-state index is 0.0954. The van der Waals surface area contributed by atoms with Gasteiger partial charge in [-0.05, 0) is 26.1 Å². The third kappa shape index (κ3) is 4.57. The standard InChI is InChI=1S/C11H18N2O2S2/c1-4-15-6-5-13(3)10(14)7-9-8(2)12-11(16)17-9/h4-7H2,1-3H3,(H,12,16). The Labute approximate surface area is 111 Å². The minimum Gasteiger partial charge on any atom is -0.380 e. The van der Waals surface area contributed by atoms with E-state index >= 15 is 0 Å². The highest BCUT2D eigenvalue weighted by Gasteiger charge is 2.12. The van der Waals surface area contributed by atoms with Gasteiger partial charge in [-0.3, -0.25) is 4.79 Å². The van der Waals surface area contributed by atoms with Gasteiger partial charge in [0.25, 0.3) is 0 Å². The monoisotopic (exact) mass is 274 g/mol. The molecule has 0 saturated carbocycles. The Morgan fingerprint density at radius 1 is 1.59 bits per heavy atom. The first-order valence-electron chi connectivity index (χ1n) is 5.55. The number of amides is 1. The fraction of sp³-hybridized carbons (Fsp3) is 0.636. The maximum absolute atomic E-state index is 11.9. The van der Waals surface area contributed by atoms with Gasteiger partial charge in [0, 0.05) is 30.8 Å². The summed E-state index contributed by atoms with van der Waals surface area (Å²) >= 11 is 6.51. The zero-order valence-electron chi connectivity index (χ0n) is 10.4. The zero-order valence-corrected chi connectivity index (χ0v) is 12.0. The first-order valence-corrected chi connectivity index (χ1v) is 6.77. The van der Waals surface area contributed by atoms with E-state index in [1.54, 1.807) is 11.9 Å². The van der Waals surface area contributed by atoms with Gasteiger partial charge in [0.05, 0.1) is 13.0 Å². The van der Waals surface area contributed by atoms with Crippen LogP contribution in [0.5, 0.6) is 0 Å². The Morgan fingerprint density at radius 2 is 2.29 bits per heavy atom. The Balaban J connectivity index is 2.48. The zero-order chi connectivity index (χ0) is 12.8. The van der Waals surface area contributed by atoms with Crippen molar-refractivity contribution < 1.29 is 9.53 Å². The molecule has 4 nitrogen and oxygen atoms in total. The lowest BCUT2D eigenvalue weighted by Gasteiger charge is -2.16. The Bertz CT molecular complexity index is 425. The second kappa shape index (κ2) is 6.88. The molecule has 0 aliphatic rings. The summed E-state index contributed by atoms with van der Waals surface area (Å²) in [7, 11) is 1.79. The summed E-state index contributed by atoms with van der Waals surface area (Å²) < 4.78 is 5.94. The van der Waals surface area contributed by atoms with Crippen LogP contribution in [0.15, 0.2) is 0 Å². The number of thiazole rings is 1. The smallest absolute Gasteiger partial charge is 0.227 e. The minimum absolute atomic E-state index is 0.0954. The molecule has 0 aliphatic carbocycles. The Kier molecular flexibility index (Phi) is 5.80. The van der Waals surface area contributed by atoms with Gasteiger partial charge in [0.1, 0.15) is 0 Å². The molecule has 0 saturated heterocycles. The molecule has 6 heteroatoms. The molecular weight excluding hydrogens is 256 g/mol. The van der Waals surface area contributed by atoms with Crippen molar-refractivity contribution in [2.75, 3.05) is 26.8 Å². The molecule has 0 radical (unpaired) electrons. The van der Waals surface area contributed by atoms with E-state index in [0.29, 0.717) is 26.2 Å². The van der Waals surface area contributed by atoms with E-state index in [4.69, 9.17) is 17.0 Å². The topological polar surface area (TPSA) is 45.3 Å². The van der Waals surface area contributed by atoms with E-state index in [1.165, 1.54) is 11.3 Å². The van der Waals surface area contributed by atoms with Crippen LogP contribution in [0.3, 0.4) is 0 Å². The summed E-state index contributed by atoms with van der Waals surface area (Å²) in [5, 5.41) is 0. The lowest BCUT2D eigenvalue weighted by atomic mass is 10.3. The number of H-pyrrole nitrogens is 1. The highest BCUT2D eigenvalue weighted by atomic mass is 32.1. The number of aromatic amines is 1. The molecule has 0 aromatic carbocycles. The number of nitrogens with zero attached hydrogens (tertiary/aromatic N) is 1. The van der Waals surface area contributed by atoms with Crippen molar-refractivity contribution in [2.45, 2.75) is 20.3 Å². The molecule has 1 heterocycles. The van der Waals surface area contributed by atoms with Crippen LogP contribution in [0, 0.1) is 10.9 Å². The summed E-state index contributed by atoms with van der Waals surface area (Å²) in [6, 6.07) is 0. The van der Waals surface area contributed by atoms with Gasteiger partial charge in [-0.1, -0.05) is 0 Å². The molecule has 0 aliphatic heterocycles. The number of hydrogen-bond acceptors (Lipinski definition) is 4. The van der Waals surface area contributed by atoms with Crippen LogP contribution < -0.4 is 0 Å². The summed E-state index contributed by atoms with van der Waals surface area (Å²) in [5.41, 5.74) is 0.992. The second-order valence-corrected chi connectivity index (χ2v) is 5.52. The van der Waals surface area contributed by atoms with E-state index in [0.717, 1.165) is 14.5 Å². The molecule has 0 atom stereocenters. The van der Waals surface area contributed by atoms with Crippen molar-refractivity contribution in [3.63, 3.8) is 0 Å². The average molecular weight is 274 g/mol. The highest BCUT2D eigenvalue weighted by Crippen LogP contribution is 2.15. The molecule has 1 aromatic heterocycles. The molecule has 1 aromatic rings. The largest absolute Gasteiger partial charge is 0.380 e. The molecule has 0 bridgehead atoms. The van der Waals surface area contributed by atoms with Gasteiger partial charge >= 0.3 is 0 Å². The highest BCUT2D eigenvalue weighted by molar-refractivity contribution is 7.73. The first kappa shape index (κ1) is 14.3. The number of likely N-dealkylation sites (N-methyl/N-ethyl adjacent to an activating group) is 1. The Hall–Kier alpha value is -0.720. The number of carbonyl (C=O) groups excluding carboxylic acids is 1. The SMILES string of the molecule is CCOCCN(C)C(=O)Cc1sc(=S)[nH]c1C. The van der Waals surface area contributed by atoms with Crippen molar-refractivity contribution in [1.82, 2.24) is 9.88 Å². The number of aromatic nitrogens is 1. The quantitative estimate of drug-likeness (QED) is 0.638. The van der Waals surface area contributed by atoms with Crippen molar-refractivity contribution in [2.24, 2.45) is 0 Å². The van der Waals surface area contributed by atoms with Crippen molar-refractivity contribution >= 4 is 29.5 Å². The van der Waals surface area contributed by atoms with Crippen LogP contribution in [0.4, 0.5) is 0 Å². The lowest BCUT2D eigenvalue weighted by molar-refractivity contribution is -0.129. The van der Waals surface area contributed by atoms with E-state index in [9.17, 15) is 4.79 Å². The molecule has 1 amide bonds. The Morgan fingerprint density at radius 3 is 2.82 bits per heavy atom. The van der Waals surface area contributed by atoms with Crippen LogP contribution in [0.25, 0.3) is 0 Å². The molecule has 1 N–H and O–H groups in total. The van der Waals surface area contributed by atoms with Gasteiger partial charge in [-0.25, -0.2) is 0 Å². The fourth-order valence-electron chi connectivity index (χ4n) is 1.35. The summed E-state index contributed by atoms with van der Waals surface area (Å²) in [6.45, 7) is 5.77. The third-order valence-electron chi connectivity index (χ3n) is 2.44. The fourth-order valence-corrected chi connectivity index (χ4v) is 2.63. The molecule has 0 unspecified atom stereocenters. The van der Waals surface area contributed by atoms with Gasteiger partial charge in [0.15, 0.2) is 3.95 Å². The number of hydrogen-bond donors (Lipinski definition) is 1. The first-order chi connectivity index (χ1) is 8.04. The third-order valence-corrected chi connectivity index (χ3v) is 3.77. The van der Waals surface area contributed by atoms with E-state index in [1.807, 2.05) is 13.8 Å². The molecular formula is C11H18N2O2S2. The normalized spacial score (nSPS) is 10.5. The number of ether oxygens (including phenoxy) is 1.